The van der Waals surface area contributed by atoms with E-state index in [2.05, 4.69) is 73.9 Å². The molecule has 1 N–H and O–H groups in total. The van der Waals surface area contributed by atoms with Gasteiger partial charge in [0.15, 0.2) is 5.82 Å². The molecule has 0 amide bonds. The van der Waals surface area contributed by atoms with Gasteiger partial charge in [-0.2, -0.15) is 0 Å². The fraction of sp³-hybridized carbons (Fsp3) is 0.333. The molecule has 1 saturated heterocycles. The number of rotatable bonds is 6. The highest BCUT2D eigenvalue weighted by Crippen LogP contribution is 2.31. The SMILES string of the molecule is OC1CCN(C(c2ccc3ncccc3c2)c2nnnn2CCc2ccccc2)CC1. The summed E-state index contributed by atoms with van der Waals surface area (Å²) in [5.41, 5.74) is 3.38. The van der Waals surface area contributed by atoms with Crippen LogP contribution >= 0.6 is 0 Å². The molecule has 0 bridgehead atoms. The Kier molecular flexibility index (Phi) is 5.69. The van der Waals surface area contributed by atoms with Crippen LogP contribution in [0.15, 0.2) is 66.9 Å². The third kappa shape index (κ3) is 4.33. The standard InChI is InChI=1S/C24H26N6O/c31-21-11-14-29(15-12-21)23(20-8-9-22-19(17-20)7-4-13-25-22)24-26-27-28-30(24)16-10-18-5-2-1-3-6-18/h1-9,13,17,21,23,31H,10-12,14-16H2. The minimum absolute atomic E-state index is 0.0668. The van der Waals surface area contributed by atoms with Crippen molar-refractivity contribution in [3.05, 3.63) is 83.8 Å². The Balaban J connectivity index is 1.49. The second-order valence-electron chi connectivity index (χ2n) is 8.12. The maximum absolute atomic E-state index is 10.0. The van der Waals surface area contributed by atoms with E-state index in [1.807, 2.05) is 23.0 Å². The molecule has 0 saturated carbocycles. The quantitative estimate of drug-likeness (QED) is 0.522. The highest BCUT2D eigenvalue weighted by Gasteiger charge is 2.30. The van der Waals surface area contributed by atoms with Crippen molar-refractivity contribution in [2.45, 2.75) is 38.0 Å². The molecule has 7 nitrogen and oxygen atoms in total. The number of nitrogens with zero attached hydrogens (tertiary/aromatic N) is 6. The lowest BCUT2D eigenvalue weighted by molar-refractivity contribution is 0.0661. The van der Waals surface area contributed by atoms with Crippen LogP contribution in [0.2, 0.25) is 0 Å². The van der Waals surface area contributed by atoms with Gasteiger partial charge in [-0.25, -0.2) is 4.68 Å². The topological polar surface area (TPSA) is 80.0 Å². The first kappa shape index (κ1) is 19.8. The first-order valence-electron chi connectivity index (χ1n) is 10.8. The summed E-state index contributed by atoms with van der Waals surface area (Å²) in [4.78, 5) is 6.84. The first-order valence-corrected chi connectivity index (χ1v) is 10.8. The van der Waals surface area contributed by atoms with Crippen LogP contribution in [0, 0.1) is 0 Å². The van der Waals surface area contributed by atoms with Gasteiger partial charge in [0.2, 0.25) is 0 Å². The van der Waals surface area contributed by atoms with E-state index in [1.165, 1.54) is 5.56 Å². The molecule has 4 aromatic rings. The number of likely N-dealkylation sites (tertiary alicyclic amines) is 1. The molecule has 0 spiro atoms. The Morgan fingerprint density at radius 1 is 1.00 bits per heavy atom. The summed E-state index contributed by atoms with van der Waals surface area (Å²) in [5, 5.41) is 23.9. The number of fused-ring (bicyclic) bond motifs is 1. The summed E-state index contributed by atoms with van der Waals surface area (Å²) in [6.07, 6.45) is 3.97. The average Bonchev–Trinajstić information content (AvgIpc) is 3.28. The number of tetrazole rings is 1. The molecule has 1 aliphatic heterocycles. The summed E-state index contributed by atoms with van der Waals surface area (Å²) < 4.78 is 1.93. The first-order chi connectivity index (χ1) is 15.3. The van der Waals surface area contributed by atoms with Crippen molar-refractivity contribution >= 4 is 10.9 Å². The van der Waals surface area contributed by atoms with Crippen molar-refractivity contribution in [1.29, 1.82) is 0 Å². The van der Waals surface area contributed by atoms with Crippen molar-refractivity contribution in [3.8, 4) is 0 Å². The van der Waals surface area contributed by atoms with Gasteiger partial charge >= 0.3 is 0 Å². The van der Waals surface area contributed by atoms with Crippen LogP contribution in [0.5, 0.6) is 0 Å². The van der Waals surface area contributed by atoms with Crippen molar-refractivity contribution in [1.82, 2.24) is 30.1 Å². The highest BCUT2D eigenvalue weighted by molar-refractivity contribution is 5.79. The van der Waals surface area contributed by atoms with E-state index < -0.39 is 0 Å². The molecule has 1 fully saturated rings. The van der Waals surface area contributed by atoms with Gasteiger partial charge in [0.25, 0.3) is 0 Å². The Labute approximate surface area is 181 Å². The molecule has 2 aromatic heterocycles. The number of hydrogen-bond donors (Lipinski definition) is 1. The number of benzene rings is 2. The Morgan fingerprint density at radius 3 is 2.68 bits per heavy atom. The van der Waals surface area contributed by atoms with Crippen molar-refractivity contribution in [3.63, 3.8) is 0 Å². The second-order valence-corrected chi connectivity index (χ2v) is 8.12. The predicted octanol–water partition coefficient (Wildman–Crippen LogP) is 3.01. The summed E-state index contributed by atoms with van der Waals surface area (Å²) in [6.45, 7) is 2.33. The molecule has 1 atom stereocenters. The summed E-state index contributed by atoms with van der Waals surface area (Å²) in [5.74, 6) is 0.843. The monoisotopic (exact) mass is 414 g/mol. The third-order valence-corrected chi connectivity index (χ3v) is 6.07. The van der Waals surface area contributed by atoms with E-state index in [9.17, 15) is 5.11 Å². The second kappa shape index (κ2) is 8.91. The minimum Gasteiger partial charge on any atom is -0.393 e. The molecule has 0 radical (unpaired) electrons. The number of piperidine rings is 1. The van der Waals surface area contributed by atoms with E-state index >= 15 is 0 Å². The lowest BCUT2D eigenvalue weighted by atomic mass is 9.98. The van der Waals surface area contributed by atoms with Crippen LogP contribution in [0.3, 0.4) is 0 Å². The van der Waals surface area contributed by atoms with Crippen molar-refractivity contribution in [2.75, 3.05) is 13.1 Å². The number of aliphatic hydroxyl groups is 1. The van der Waals surface area contributed by atoms with Crippen LogP contribution in [-0.4, -0.2) is 54.4 Å². The zero-order valence-corrected chi connectivity index (χ0v) is 17.4. The molecule has 158 valence electrons. The van der Waals surface area contributed by atoms with Gasteiger partial charge < -0.3 is 5.11 Å². The highest BCUT2D eigenvalue weighted by atomic mass is 16.3. The lowest BCUT2D eigenvalue weighted by Gasteiger charge is -2.35. The fourth-order valence-corrected chi connectivity index (χ4v) is 4.38. The third-order valence-electron chi connectivity index (χ3n) is 6.07. The van der Waals surface area contributed by atoms with E-state index in [0.29, 0.717) is 6.54 Å². The van der Waals surface area contributed by atoms with E-state index in [-0.39, 0.29) is 12.1 Å². The Hall–Kier alpha value is -3.16. The van der Waals surface area contributed by atoms with Gasteiger partial charge in [-0.1, -0.05) is 42.5 Å². The minimum atomic E-state index is -0.230. The van der Waals surface area contributed by atoms with Crippen LogP contribution in [0.4, 0.5) is 0 Å². The number of pyridine rings is 1. The molecular weight excluding hydrogens is 388 g/mol. The number of aromatic nitrogens is 5. The molecule has 7 heteroatoms. The number of hydrogen-bond acceptors (Lipinski definition) is 6. The Morgan fingerprint density at radius 2 is 1.84 bits per heavy atom. The molecular formula is C24H26N6O. The van der Waals surface area contributed by atoms with Gasteiger partial charge in [-0.15, -0.1) is 5.10 Å². The number of aliphatic hydroxyl groups excluding tert-OH is 1. The summed E-state index contributed by atoms with van der Waals surface area (Å²) in [6, 6.07) is 20.8. The normalized spacial score (nSPS) is 16.5. The van der Waals surface area contributed by atoms with E-state index in [0.717, 1.165) is 54.6 Å². The van der Waals surface area contributed by atoms with Gasteiger partial charge in [0.05, 0.1) is 17.7 Å². The van der Waals surface area contributed by atoms with Crippen LogP contribution in [0.25, 0.3) is 10.9 Å². The lowest BCUT2D eigenvalue weighted by Crippen LogP contribution is -2.40. The molecule has 1 unspecified atom stereocenters. The molecule has 1 aliphatic rings. The van der Waals surface area contributed by atoms with Crippen molar-refractivity contribution < 1.29 is 5.11 Å². The van der Waals surface area contributed by atoms with Crippen LogP contribution in [-0.2, 0) is 13.0 Å². The van der Waals surface area contributed by atoms with Gasteiger partial charge in [-0.3, -0.25) is 9.88 Å². The van der Waals surface area contributed by atoms with Gasteiger partial charge in [-0.05, 0) is 59.0 Å². The average molecular weight is 415 g/mol. The smallest absolute Gasteiger partial charge is 0.173 e. The molecule has 3 heterocycles. The number of aryl methyl sites for hydroxylation is 2. The molecule has 0 aliphatic carbocycles. The van der Waals surface area contributed by atoms with Crippen LogP contribution in [0.1, 0.15) is 35.8 Å². The molecule has 2 aromatic carbocycles. The zero-order chi connectivity index (χ0) is 21.0. The van der Waals surface area contributed by atoms with E-state index in [1.54, 1.807) is 0 Å². The summed E-state index contributed by atoms with van der Waals surface area (Å²) >= 11 is 0. The summed E-state index contributed by atoms with van der Waals surface area (Å²) in [7, 11) is 0. The largest absolute Gasteiger partial charge is 0.393 e. The van der Waals surface area contributed by atoms with E-state index in [4.69, 9.17) is 0 Å². The maximum atomic E-state index is 10.0. The maximum Gasteiger partial charge on any atom is 0.173 e. The Bertz CT molecular complexity index is 1140. The molecule has 5 rings (SSSR count). The predicted molar refractivity (Wildman–Crippen MR) is 118 cm³/mol. The van der Waals surface area contributed by atoms with Gasteiger partial charge in [0, 0.05) is 31.2 Å². The van der Waals surface area contributed by atoms with Gasteiger partial charge in [0.1, 0.15) is 0 Å². The van der Waals surface area contributed by atoms with Crippen LogP contribution < -0.4 is 0 Å². The fourth-order valence-electron chi connectivity index (χ4n) is 4.38. The molecule has 31 heavy (non-hydrogen) atoms. The zero-order valence-electron chi connectivity index (χ0n) is 17.4. The van der Waals surface area contributed by atoms with Crippen molar-refractivity contribution in [2.24, 2.45) is 0 Å².